The molecule has 84 valence electrons. The predicted octanol–water partition coefficient (Wildman–Crippen LogP) is -0.617. The summed E-state index contributed by atoms with van der Waals surface area (Å²) in [6, 6.07) is 0. The summed E-state index contributed by atoms with van der Waals surface area (Å²) in [6.07, 6.45) is 1.84. The first kappa shape index (κ1) is 11.4. The van der Waals surface area contributed by atoms with Gasteiger partial charge in [-0.05, 0) is 6.54 Å². The Morgan fingerprint density at radius 2 is 2.47 bits per heavy atom. The highest BCUT2D eigenvalue weighted by atomic mass is 16.4. The lowest BCUT2D eigenvalue weighted by atomic mass is 10.4. The van der Waals surface area contributed by atoms with Gasteiger partial charge in [0.1, 0.15) is 0 Å². The molecule has 0 saturated carbocycles. The fourth-order valence-electron chi connectivity index (χ4n) is 1.24. The highest BCUT2D eigenvalue weighted by Crippen LogP contribution is 1.99. The van der Waals surface area contributed by atoms with Crippen molar-refractivity contribution in [3.63, 3.8) is 0 Å². The van der Waals surface area contributed by atoms with Crippen LogP contribution in [0.4, 0.5) is 0 Å². The molecule has 0 aliphatic heterocycles. The Labute approximate surface area is 88.2 Å². The van der Waals surface area contributed by atoms with Gasteiger partial charge in [0.25, 0.3) is 0 Å². The fourth-order valence-corrected chi connectivity index (χ4v) is 1.24. The Hall–Kier alpha value is -1.63. The zero-order chi connectivity index (χ0) is 11.3. The first-order valence-corrected chi connectivity index (χ1v) is 4.69. The van der Waals surface area contributed by atoms with Gasteiger partial charge in [0.2, 0.25) is 0 Å². The van der Waals surface area contributed by atoms with E-state index in [1.165, 1.54) is 0 Å². The molecule has 0 unspecified atom stereocenters. The van der Waals surface area contributed by atoms with Crippen LogP contribution in [0.2, 0.25) is 0 Å². The Kier molecular flexibility index (Phi) is 4.04. The van der Waals surface area contributed by atoms with E-state index in [-0.39, 0.29) is 5.84 Å². The highest BCUT2D eigenvalue weighted by Gasteiger charge is 2.08. The molecule has 1 aromatic heterocycles. The molecule has 0 amide bonds. The molecule has 0 atom stereocenters. The van der Waals surface area contributed by atoms with Crippen LogP contribution in [0.3, 0.4) is 0 Å². The van der Waals surface area contributed by atoms with Crippen LogP contribution in [0, 0.1) is 0 Å². The summed E-state index contributed by atoms with van der Waals surface area (Å²) in [5.41, 5.74) is 6.29. The van der Waals surface area contributed by atoms with Crippen LogP contribution in [-0.2, 0) is 13.6 Å². The summed E-state index contributed by atoms with van der Waals surface area (Å²) >= 11 is 0. The van der Waals surface area contributed by atoms with Gasteiger partial charge < -0.3 is 10.9 Å². The van der Waals surface area contributed by atoms with Crippen molar-refractivity contribution in [2.24, 2.45) is 17.9 Å². The lowest BCUT2D eigenvalue weighted by molar-refractivity contribution is 0.293. The third kappa shape index (κ3) is 3.55. The van der Waals surface area contributed by atoms with Gasteiger partial charge in [-0.25, -0.2) is 0 Å². The number of aromatic nitrogens is 3. The number of amidine groups is 1. The van der Waals surface area contributed by atoms with Gasteiger partial charge in [-0.3, -0.25) is 9.58 Å². The highest BCUT2D eigenvalue weighted by molar-refractivity contribution is 5.81. The first-order valence-electron chi connectivity index (χ1n) is 4.69. The van der Waals surface area contributed by atoms with Gasteiger partial charge in [-0.2, -0.15) is 0 Å². The van der Waals surface area contributed by atoms with Gasteiger partial charge in [0.15, 0.2) is 5.84 Å². The lowest BCUT2D eigenvalue weighted by Gasteiger charge is -2.17. The van der Waals surface area contributed by atoms with Gasteiger partial charge in [-0.15, -0.1) is 5.10 Å². The molecule has 0 fully saturated rings. The molecular formula is C8H16N6O. The molecule has 0 aliphatic carbocycles. The SMILES string of the molecule is CCN(CC(N)=NO)Cc1cn(C)nn1. The van der Waals surface area contributed by atoms with Crippen molar-refractivity contribution < 1.29 is 5.21 Å². The quantitative estimate of drug-likeness (QED) is 0.294. The maximum absolute atomic E-state index is 8.45. The maximum atomic E-state index is 8.45. The summed E-state index contributed by atoms with van der Waals surface area (Å²) in [4.78, 5) is 2.00. The third-order valence-electron chi connectivity index (χ3n) is 2.00. The smallest absolute Gasteiger partial charge is 0.153 e. The molecule has 0 aliphatic rings. The minimum atomic E-state index is 0.195. The topological polar surface area (TPSA) is 92.6 Å². The summed E-state index contributed by atoms with van der Waals surface area (Å²) in [5, 5.41) is 19.2. The molecule has 0 bridgehead atoms. The van der Waals surface area contributed by atoms with E-state index in [0.717, 1.165) is 12.2 Å². The second-order valence-corrected chi connectivity index (χ2v) is 3.28. The first-order chi connectivity index (χ1) is 7.15. The summed E-state index contributed by atoms with van der Waals surface area (Å²) < 4.78 is 1.65. The van der Waals surface area contributed by atoms with Crippen LogP contribution < -0.4 is 5.73 Å². The van der Waals surface area contributed by atoms with Gasteiger partial charge in [-0.1, -0.05) is 17.3 Å². The second kappa shape index (κ2) is 5.30. The van der Waals surface area contributed by atoms with E-state index in [4.69, 9.17) is 10.9 Å². The van der Waals surface area contributed by atoms with E-state index in [2.05, 4.69) is 15.5 Å². The molecule has 1 aromatic rings. The molecular weight excluding hydrogens is 196 g/mol. The third-order valence-corrected chi connectivity index (χ3v) is 2.00. The van der Waals surface area contributed by atoms with Crippen molar-refractivity contribution in [2.75, 3.05) is 13.1 Å². The van der Waals surface area contributed by atoms with Crippen molar-refractivity contribution in [1.29, 1.82) is 0 Å². The summed E-state index contributed by atoms with van der Waals surface area (Å²) in [5.74, 6) is 0.195. The normalized spacial score (nSPS) is 12.3. The number of likely N-dealkylation sites (N-methyl/N-ethyl adjacent to an activating group) is 1. The number of rotatable bonds is 5. The predicted molar refractivity (Wildman–Crippen MR) is 55.4 cm³/mol. The largest absolute Gasteiger partial charge is 0.409 e. The van der Waals surface area contributed by atoms with Gasteiger partial charge in [0, 0.05) is 19.8 Å². The van der Waals surface area contributed by atoms with Gasteiger partial charge in [0.05, 0.1) is 12.2 Å². The van der Waals surface area contributed by atoms with Crippen molar-refractivity contribution in [1.82, 2.24) is 19.9 Å². The van der Waals surface area contributed by atoms with Gasteiger partial charge >= 0.3 is 0 Å². The molecule has 15 heavy (non-hydrogen) atoms. The number of oxime groups is 1. The zero-order valence-corrected chi connectivity index (χ0v) is 8.96. The number of hydrogen-bond acceptors (Lipinski definition) is 5. The molecule has 1 rings (SSSR count). The van der Waals surface area contributed by atoms with Crippen LogP contribution in [-0.4, -0.2) is 44.0 Å². The van der Waals surface area contributed by atoms with Crippen molar-refractivity contribution in [2.45, 2.75) is 13.5 Å². The Morgan fingerprint density at radius 1 is 1.73 bits per heavy atom. The van der Waals surface area contributed by atoms with Crippen LogP contribution in [0.5, 0.6) is 0 Å². The van der Waals surface area contributed by atoms with Crippen molar-refractivity contribution in [3.05, 3.63) is 11.9 Å². The van der Waals surface area contributed by atoms with Crippen molar-refractivity contribution in [3.8, 4) is 0 Å². The summed E-state index contributed by atoms with van der Waals surface area (Å²) in [7, 11) is 1.82. The van der Waals surface area contributed by atoms with Crippen LogP contribution in [0.1, 0.15) is 12.6 Å². The minimum Gasteiger partial charge on any atom is -0.409 e. The Morgan fingerprint density at radius 3 is 2.93 bits per heavy atom. The molecule has 3 N–H and O–H groups in total. The van der Waals surface area contributed by atoms with Crippen LogP contribution >= 0.6 is 0 Å². The molecule has 0 radical (unpaired) electrons. The van der Waals surface area contributed by atoms with E-state index in [9.17, 15) is 0 Å². The average Bonchev–Trinajstić information content (AvgIpc) is 2.62. The Balaban J connectivity index is 2.54. The fraction of sp³-hybridized carbons (Fsp3) is 0.625. The summed E-state index contributed by atoms with van der Waals surface area (Å²) in [6.45, 7) is 3.86. The average molecular weight is 212 g/mol. The number of nitrogens with zero attached hydrogens (tertiary/aromatic N) is 5. The van der Waals surface area contributed by atoms with E-state index >= 15 is 0 Å². The maximum Gasteiger partial charge on any atom is 0.153 e. The zero-order valence-electron chi connectivity index (χ0n) is 8.96. The molecule has 1 heterocycles. The lowest BCUT2D eigenvalue weighted by Crippen LogP contribution is -2.33. The standard InChI is InChI=1S/C8H16N6O/c1-3-14(6-8(9)11-15)5-7-4-13(2)12-10-7/h4,15H,3,5-6H2,1-2H3,(H2,9,11). The number of hydrogen-bond donors (Lipinski definition) is 2. The second-order valence-electron chi connectivity index (χ2n) is 3.28. The number of aryl methyl sites for hydroxylation is 1. The molecule has 7 nitrogen and oxygen atoms in total. The molecule has 0 spiro atoms. The van der Waals surface area contributed by atoms with E-state index in [1.54, 1.807) is 4.68 Å². The number of nitrogens with two attached hydrogens (primary N) is 1. The van der Waals surface area contributed by atoms with Crippen LogP contribution in [0.15, 0.2) is 11.4 Å². The monoisotopic (exact) mass is 212 g/mol. The molecule has 7 heteroatoms. The van der Waals surface area contributed by atoms with E-state index in [1.807, 2.05) is 25.1 Å². The Bertz CT molecular complexity index is 334. The van der Waals surface area contributed by atoms with E-state index in [0.29, 0.717) is 13.1 Å². The molecule has 0 saturated heterocycles. The van der Waals surface area contributed by atoms with Crippen LogP contribution in [0.25, 0.3) is 0 Å². The van der Waals surface area contributed by atoms with Crippen molar-refractivity contribution >= 4 is 5.84 Å². The molecule has 0 aromatic carbocycles. The van der Waals surface area contributed by atoms with E-state index < -0.39 is 0 Å². The minimum absolute atomic E-state index is 0.195.